The summed E-state index contributed by atoms with van der Waals surface area (Å²) in [5, 5.41) is 12.9. The van der Waals surface area contributed by atoms with Gasteiger partial charge in [0.15, 0.2) is 0 Å². The van der Waals surface area contributed by atoms with E-state index in [1.807, 2.05) is 25.4 Å². The summed E-state index contributed by atoms with van der Waals surface area (Å²) in [5.74, 6) is 0. The molecule has 0 saturated heterocycles. The third-order valence-electron chi connectivity index (χ3n) is 2.18. The highest BCUT2D eigenvalue weighted by Crippen LogP contribution is 2.08. The van der Waals surface area contributed by atoms with Gasteiger partial charge in [-0.3, -0.25) is 0 Å². The topological polar surface area (TPSA) is 36.4 Å². The first-order chi connectivity index (χ1) is 7.01. The molecule has 1 rings (SSSR count). The molecule has 0 aliphatic heterocycles. The van der Waals surface area contributed by atoms with Gasteiger partial charge < -0.3 is 10.0 Å². The first kappa shape index (κ1) is 12.6. The highest BCUT2D eigenvalue weighted by molar-refractivity contribution is 7.09. The second-order valence-electron chi connectivity index (χ2n) is 4.36. The molecule has 0 aliphatic carbocycles. The van der Waals surface area contributed by atoms with Gasteiger partial charge in [0.05, 0.1) is 10.6 Å². The molecule has 4 heteroatoms. The maximum atomic E-state index is 9.72. The molecule has 0 spiro atoms. The normalized spacial score (nSPS) is 12.3. The largest absolute Gasteiger partial charge is 0.389 e. The molecular formula is C11H20N2OS. The van der Waals surface area contributed by atoms with Crippen LogP contribution in [0.4, 0.5) is 0 Å². The molecule has 0 amide bonds. The summed E-state index contributed by atoms with van der Waals surface area (Å²) >= 11 is 1.69. The molecule has 0 atom stereocenters. The molecule has 15 heavy (non-hydrogen) atoms. The van der Waals surface area contributed by atoms with E-state index in [1.54, 1.807) is 11.3 Å². The average Bonchev–Trinajstić information content (AvgIpc) is 2.62. The maximum Gasteiger partial charge on any atom is 0.0937 e. The van der Waals surface area contributed by atoms with Crippen LogP contribution in [0.25, 0.3) is 0 Å². The number of aromatic nitrogens is 1. The monoisotopic (exact) mass is 228 g/mol. The van der Waals surface area contributed by atoms with Gasteiger partial charge in [0.25, 0.3) is 0 Å². The Morgan fingerprint density at radius 1 is 1.53 bits per heavy atom. The van der Waals surface area contributed by atoms with Crippen LogP contribution in [0.5, 0.6) is 0 Å². The molecule has 0 radical (unpaired) electrons. The zero-order valence-electron chi connectivity index (χ0n) is 9.73. The minimum absolute atomic E-state index is 0.612. The van der Waals surface area contributed by atoms with Crippen LogP contribution in [-0.2, 0) is 6.42 Å². The Labute approximate surface area is 95.8 Å². The van der Waals surface area contributed by atoms with E-state index >= 15 is 0 Å². The summed E-state index contributed by atoms with van der Waals surface area (Å²) in [6.07, 6.45) is 2.81. The highest BCUT2D eigenvalue weighted by atomic mass is 32.1. The number of hydrogen-bond acceptors (Lipinski definition) is 4. The van der Waals surface area contributed by atoms with Crippen molar-refractivity contribution in [2.45, 2.75) is 32.8 Å². The van der Waals surface area contributed by atoms with Crippen LogP contribution in [0.3, 0.4) is 0 Å². The molecule has 0 fully saturated rings. The van der Waals surface area contributed by atoms with E-state index in [4.69, 9.17) is 0 Å². The van der Waals surface area contributed by atoms with Crippen molar-refractivity contribution in [3.63, 3.8) is 0 Å². The number of rotatable bonds is 6. The average molecular weight is 228 g/mol. The van der Waals surface area contributed by atoms with Crippen LogP contribution < -0.4 is 0 Å². The van der Waals surface area contributed by atoms with Gasteiger partial charge in [0.1, 0.15) is 0 Å². The van der Waals surface area contributed by atoms with E-state index in [-0.39, 0.29) is 0 Å². The van der Waals surface area contributed by atoms with Gasteiger partial charge in [-0.1, -0.05) is 6.92 Å². The fraction of sp³-hybridized carbons (Fsp3) is 0.727. The second kappa shape index (κ2) is 5.58. The molecule has 1 aromatic rings. The Morgan fingerprint density at radius 3 is 2.73 bits per heavy atom. The SMILES string of the molecule is CCN(CCc1nccs1)CC(C)(C)O. The Balaban J connectivity index is 2.34. The van der Waals surface area contributed by atoms with Crippen molar-refractivity contribution in [1.29, 1.82) is 0 Å². The van der Waals surface area contributed by atoms with Crippen molar-refractivity contribution in [3.8, 4) is 0 Å². The van der Waals surface area contributed by atoms with Crippen molar-refractivity contribution in [3.05, 3.63) is 16.6 Å². The lowest BCUT2D eigenvalue weighted by Gasteiger charge is -2.27. The number of hydrogen-bond donors (Lipinski definition) is 1. The number of nitrogens with zero attached hydrogens (tertiary/aromatic N) is 2. The molecule has 1 aromatic heterocycles. The van der Waals surface area contributed by atoms with Crippen LogP contribution in [0.2, 0.25) is 0 Å². The van der Waals surface area contributed by atoms with Crippen LogP contribution in [0, 0.1) is 0 Å². The molecule has 0 saturated carbocycles. The second-order valence-corrected chi connectivity index (χ2v) is 5.34. The quantitative estimate of drug-likeness (QED) is 0.806. The fourth-order valence-electron chi connectivity index (χ4n) is 1.53. The number of aliphatic hydroxyl groups is 1. The van der Waals surface area contributed by atoms with E-state index in [9.17, 15) is 5.11 Å². The first-order valence-electron chi connectivity index (χ1n) is 5.34. The van der Waals surface area contributed by atoms with Gasteiger partial charge in [0.2, 0.25) is 0 Å². The zero-order valence-corrected chi connectivity index (χ0v) is 10.5. The highest BCUT2D eigenvalue weighted by Gasteiger charge is 2.16. The zero-order chi connectivity index (χ0) is 11.3. The summed E-state index contributed by atoms with van der Waals surface area (Å²) in [7, 11) is 0. The molecule has 0 unspecified atom stereocenters. The minimum Gasteiger partial charge on any atom is -0.389 e. The lowest BCUT2D eigenvalue weighted by Crippen LogP contribution is -2.39. The Kier molecular flexibility index (Phi) is 4.70. The predicted molar refractivity (Wildman–Crippen MR) is 64.2 cm³/mol. The van der Waals surface area contributed by atoms with Crippen LogP contribution in [0.1, 0.15) is 25.8 Å². The molecule has 86 valence electrons. The summed E-state index contributed by atoms with van der Waals surface area (Å²) in [6, 6.07) is 0. The Bertz CT molecular complexity index is 267. The van der Waals surface area contributed by atoms with Crippen LogP contribution >= 0.6 is 11.3 Å². The van der Waals surface area contributed by atoms with E-state index in [1.165, 1.54) is 5.01 Å². The molecule has 0 aromatic carbocycles. The van der Waals surface area contributed by atoms with E-state index in [2.05, 4.69) is 16.8 Å². The lowest BCUT2D eigenvalue weighted by atomic mass is 10.1. The van der Waals surface area contributed by atoms with Crippen LogP contribution in [0.15, 0.2) is 11.6 Å². The smallest absolute Gasteiger partial charge is 0.0937 e. The van der Waals surface area contributed by atoms with E-state index in [0.29, 0.717) is 0 Å². The van der Waals surface area contributed by atoms with Gasteiger partial charge in [-0.05, 0) is 20.4 Å². The summed E-state index contributed by atoms with van der Waals surface area (Å²) in [5.41, 5.74) is -0.612. The van der Waals surface area contributed by atoms with Crippen molar-refractivity contribution in [2.75, 3.05) is 19.6 Å². The van der Waals surface area contributed by atoms with Crippen molar-refractivity contribution in [1.82, 2.24) is 9.88 Å². The van der Waals surface area contributed by atoms with Crippen LogP contribution in [-0.4, -0.2) is 40.2 Å². The number of thiazole rings is 1. The van der Waals surface area contributed by atoms with Crippen molar-refractivity contribution in [2.24, 2.45) is 0 Å². The van der Waals surface area contributed by atoms with Gasteiger partial charge in [-0.25, -0.2) is 4.98 Å². The standard InChI is InChI=1S/C11H20N2OS/c1-4-13(9-11(2,3)14)7-5-10-12-6-8-15-10/h6,8,14H,4-5,7,9H2,1-3H3. The first-order valence-corrected chi connectivity index (χ1v) is 6.22. The third kappa shape index (κ3) is 5.25. The van der Waals surface area contributed by atoms with Gasteiger partial charge >= 0.3 is 0 Å². The van der Waals surface area contributed by atoms with Gasteiger partial charge in [-0.2, -0.15) is 0 Å². The third-order valence-corrected chi connectivity index (χ3v) is 3.02. The minimum atomic E-state index is -0.612. The van der Waals surface area contributed by atoms with Crippen molar-refractivity contribution < 1.29 is 5.11 Å². The van der Waals surface area contributed by atoms with Crippen molar-refractivity contribution >= 4 is 11.3 Å². The predicted octanol–water partition coefficient (Wildman–Crippen LogP) is 1.78. The maximum absolute atomic E-state index is 9.72. The van der Waals surface area contributed by atoms with Gasteiger partial charge in [0, 0.05) is 31.1 Å². The molecule has 0 bridgehead atoms. The van der Waals surface area contributed by atoms with E-state index < -0.39 is 5.60 Å². The summed E-state index contributed by atoms with van der Waals surface area (Å²) in [6.45, 7) is 8.46. The van der Waals surface area contributed by atoms with Gasteiger partial charge in [-0.15, -0.1) is 11.3 Å². The molecular weight excluding hydrogens is 208 g/mol. The summed E-state index contributed by atoms with van der Waals surface area (Å²) < 4.78 is 0. The molecule has 1 heterocycles. The molecule has 1 N–H and O–H groups in total. The van der Waals surface area contributed by atoms with E-state index in [0.717, 1.165) is 26.1 Å². The molecule has 3 nitrogen and oxygen atoms in total. The lowest BCUT2D eigenvalue weighted by molar-refractivity contribution is 0.0382. The Hall–Kier alpha value is -0.450. The summed E-state index contributed by atoms with van der Waals surface area (Å²) in [4.78, 5) is 6.50. The fourth-order valence-corrected chi connectivity index (χ4v) is 2.14. The molecule has 0 aliphatic rings. The Morgan fingerprint density at radius 2 is 2.27 bits per heavy atom. The number of likely N-dealkylation sites (N-methyl/N-ethyl adjacent to an activating group) is 1.